The molecule has 0 aromatic carbocycles. The van der Waals surface area contributed by atoms with Gasteiger partial charge in [0.05, 0.1) is 11.6 Å². The van der Waals surface area contributed by atoms with E-state index in [1.54, 1.807) is 38.3 Å². The first-order valence-electron chi connectivity index (χ1n) is 5.22. The van der Waals surface area contributed by atoms with E-state index in [2.05, 4.69) is 4.98 Å². The van der Waals surface area contributed by atoms with Gasteiger partial charge in [-0.2, -0.15) is 0 Å². The van der Waals surface area contributed by atoms with Crippen LogP contribution in [-0.4, -0.2) is 43.5 Å². The number of carbonyl (C=O) groups is 1. The Morgan fingerprint density at radius 2 is 2.12 bits per heavy atom. The van der Waals surface area contributed by atoms with Crippen molar-refractivity contribution in [1.82, 2.24) is 9.88 Å². The second-order valence-electron chi connectivity index (χ2n) is 3.96. The van der Waals surface area contributed by atoms with Gasteiger partial charge in [-0.05, 0) is 11.6 Å². The molecule has 0 unspecified atom stereocenters. The Balaban J connectivity index is 2.89. The van der Waals surface area contributed by atoms with Gasteiger partial charge in [0.25, 0.3) is 0 Å². The topological polar surface area (TPSA) is 62.5 Å². The van der Waals surface area contributed by atoms with E-state index in [0.717, 1.165) is 5.56 Å². The van der Waals surface area contributed by atoms with Crippen molar-refractivity contribution in [2.24, 2.45) is 5.73 Å². The van der Waals surface area contributed by atoms with Gasteiger partial charge in [-0.3, -0.25) is 4.79 Å². The smallest absolute Gasteiger partial charge is 0.241 e. The highest BCUT2D eigenvalue weighted by atomic mass is 35.5. The molecule has 1 rings (SSSR count). The van der Waals surface area contributed by atoms with E-state index >= 15 is 0 Å². The van der Waals surface area contributed by atoms with Gasteiger partial charge in [0.15, 0.2) is 0 Å². The van der Waals surface area contributed by atoms with E-state index < -0.39 is 0 Å². The van der Waals surface area contributed by atoms with Crippen molar-refractivity contribution in [2.75, 3.05) is 32.6 Å². The van der Waals surface area contributed by atoms with Gasteiger partial charge in [-0.1, -0.05) is 11.6 Å². The summed E-state index contributed by atoms with van der Waals surface area (Å²) in [6, 6.07) is 1.77. The van der Waals surface area contributed by atoms with Gasteiger partial charge in [0.2, 0.25) is 5.91 Å². The molecule has 0 bridgehead atoms. The molecule has 6 heteroatoms. The first-order valence-corrected chi connectivity index (χ1v) is 5.60. The monoisotopic (exact) mass is 256 g/mol. The van der Waals surface area contributed by atoms with Gasteiger partial charge in [0.1, 0.15) is 5.82 Å². The zero-order valence-corrected chi connectivity index (χ0v) is 11.0. The van der Waals surface area contributed by atoms with Crippen molar-refractivity contribution in [2.45, 2.75) is 6.54 Å². The molecule has 5 nitrogen and oxygen atoms in total. The Labute approximate surface area is 106 Å². The second kappa shape index (κ2) is 5.84. The van der Waals surface area contributed by atoms with E-state index in [-0.39, 0.29) is 12.5 Å². The van der Waals surface area contributed by atoms with Crippen molar-refractivity contribution in [1.29, 1.82) is 0 Å². The van der Waals surface area contributed by atoms with Gasteiger partial charge in [-0.15, -0.1) is 0 Å². The molecule has 1 amide bonds. The average Bonchev–Trinajstić information content (AvgIpc) is 2.28. The number of halogens is 1. The molecule has 0 spiro atoms. The molecule has 0 aliphatic rings. The zero-order chi connectivity index (χ0) is 13.0. The van der Waals surface area contributed by atoms with Gasteiger partial charge in [0, 0.05) is 33.9 Å². The van der Waals surface area contributed by atoms with Crippen LogP contribution in [0.5, 0.6) is 0 Å². The van der Waals surface area contributed by atoms with Gasteiger partial charge < -0.3 is 15.5 Å². The van der Waals surface area contributed by atoms with Crippen LogP contribution in [0.2, 0.25) is 5.02 Å². The molecule has 0 fully saturated rings. The minimum atomic E-state index is -0.0106. The largest absolute Gasteiger partial charge is 0.349 e. The summed E-state index contributed by atoms with van der Waals surface area (Å²) in [5, 5.41) is 0.504. The third-order valence-electron chi connectivity index (χ3n) is 2.40. The molecular weight excluding hydrogens is 240 g/mol. The summed E-state index contributed by atoms with van der Waals surface area (Å²) in [6.45, 7) is 0.581. The molecule has 0 radical (unpaired) electrons. The molecule has 0 aliphatic carbocycles. The lowest BCUT2D eigenvalue weighted by Crippen LogP contribution is -2.34. The Bertz CT molecular complexity index is 408. The van der Waals surface area contributed by atoms with E-state index in [1.165, 1.54) is 4.90 Å². The van der Waals surface area contributed by atoms with Crippen LogP contribution in [0.25, 0.3) is 0 Å². The van der Waals surface area contributed by atoms with Crippen LogP contribution in [0, 0.1) is 0 Å². The lowest BCUT2D eigenvalue weighted by molar-refractivity contribution is -0.127. The summed E-state index contributed by atoms with van der Waals surface area (Å²) in [4.78, 5) is 19.0. The van der Waals surface area contributed by atoms with E-state index in [9.17, 15) is 4.79 Å². The number of hydrogen-bond donors (Lipinski definition) is 1. The van der Waals surface area contributed by atoms with Crippen LogP contribution in [0.4, 0.5) is 5.82 Å². The molecule has 17 heavy (non-hydrogen) atoms. The molecular formula is C11H17ClN4O. The third kappa shape index (κ3) is 3.31. The number of nitrogens with two attached hydrogens (primary N) is 1. The van der Waals surface area contributed by atoms with E-state index in [4.69, 9.17) is 17.3 Å². The zero-order valence-electron chi connectivity index (χ0n) is 10.3. The first kappa shape index (κ1) is 13.7. The molecule has 1 heterocycles. The lowest BCUT2D eigenvalue weighted by atomic mass is 10.2. The van der Waals surface area contributed by atoms with Crippen LogP contribution in [-0.2, 0) is 11.3 Å². The summed E-state index contributed by atoms with van der Waals surface area (Å²) in [7, 11) is 5.19. The molecule has 0 saturated heterocycles. The number of nitrogens with zero attached hydrogens (tertiary/aromatic N) is 3. The van der Waals surface area contributed by atoms with Crippen LogP contribution >= 0.6 is 11.6 Å². The van der Waals surface area contributed by atoms with Crippen LogP contribution in [0.3, 0.4) is 0 Å². The van der Waals surface area contributed by atoms with Crippen LogP contribution < -0.4 is 10.6 Å². The summed E-state index contributed by atoms with van der Waals surface area (Å²) < 4.78 is 0. The molecule has 0 atom stereocenters. The number of likely N-dealkylation sites (N-methyl/N-ethyl adjacent to an activating group) is 2. The highest BCUT2D eigenvalue weighted by Gasteiger charge is 2.14. The number of aromatic nitrogens is 1. The molecule has 1 aromatic rings. The first-order chi connectivity index (χ1) is 7.97. The summed E-state index contributed by atoms with van der Waals surface area (Å²) >= 11 is 6.16. The predicted molar refractivity (Wildman–Crippen MR) is 69.1 cm³/mol. The normalized spacial score (nSPS) is 10.2. The van der Waals surface area contributed by atoms with Crippen molar-refractivity contribution >= 4 is 23.3 Å². The fourth-order valence-electron chi connectivity index (χ4n) is 1.31. The minimum absolute atomic E-state index is 0.0106. The van der Waals surface area contributed by atoms with Crippen molar-refractivity contribution < 1.29 is 4.79 Å². The fraction of sp³-hybridized carbons (Fsp3) is 0.455. The quantitative estimate of drug-likeness (QED) is 0.862. The average molecular weight is 257 g/mol. The number of anilines is 1. The summed E-state index contributed by atoms with van der Waals surface area (Å²) in [5.74, 6) is 0.563. The van der Waals surface area contributed by atoms with Crippen LogP contribution in [0.1, 0.15) is 5.56 Å². The van der Waals surface area contributed by atoms with Gasteiger partial charge >= 0.3 is 0 Å². The molecule has 0 saturated carbocycles. The number of amides is 1. The van der Waals surface area contributed by atoms with Crippen molar-refractivity contribution in [3.8, 4) is 0 Å². The molecule has 0 aliphatic heterocycles. The Hall–Kier alpha value is -1.33. The lowest BCUT2D eigenvalue weighted by Gasteiger charge is -2.21. The second-order valence-corrected chi connectivity index (χ2v) is 4.33. The van der Waals surface area contributed by atoms with E-state index in [0.29, 0.717) is 17.4 Å². The maximum Gasteiger partial charge on any atom is 0.241 e. The third-order valence-corrected chi connectivity index (χ3v) is 2.82. The molecule has 94 valence electrons. The number of pyridine rings is 1. The fourth-order valence-corrected chi connectivity index (χ4v) is 1.65. The Morgan fingerprint density at radius 3 is 2.65 bits per heavy atom. The Kier molecular flexibility index (Phi) is 4.72. The van der Waals surface area contributed by atoms with Crippen molar-refractivity contribution in [3.05, 3.63) is 22.8 Å². The number of hydrogen-bond acceptors (Lipinski definition) is 4. The highest BCUT2D eigenvalue weighted by molar-refractivity contribution is 6.33. The summed E-state index contributed by atoms with van der Waals surface area (Å²) in [5.41, 5.74) is 6.38. The maximum absolute atomic E-state index is 11.6. The maximum atomic E-state index is 11.6. The van der Waals surface area contributed by atoms with Crippen LogP contribution in [0.15, 0.2) is 12.3 Å². The predicted octanol–water partition coefficient (Wildman–Crippen LogP) is 0.718. The molecule has 1 aromatic heterocycles. The van der Waals surface area contributed by atoms with Gasteiger partial charge in [-0.25, -0.2) is 4.98 Å². The van der Waals surface area contributed by atoms with E-state index in [1.807, 2.05) is 0 Å². The Morgan fingerprint density at radius 1 is 1.47 bits per heavy atom. The number of rotatable bonds is 4. The highest BCUT2D eigenvalue weighted by Crippen LogP contribution is 2.25. The van der Waals surface area contributed by atoms with Crippen molar-refractivity contribution in [3.63, 3.8) is 0 Å². The number of carbonyl (C=O) groups excluding carboxylic acids is 1. The summed E-state index contributed by atoms with van der Waals surface area (Å²) in [6.07, 6.45) is 1.64. The minimum Gasteiger partial charge on any atom is -0.349 e. The molecule has 2 N–H and O–H groups in total. The standard InChI is InChI=1S/C11H17ClN4O/c1-15(2)9(17)7-16(3)11-10(12)8(6-13)4-5-14-11/h4-5H,6-7,13H2,1-3H3. The SMILES string of the molecule is CN(C)C(=O)CN(C)c1nccc(CN)c1Cl.